The van der Waals surface area contributed by atoms with E-state index in [1.54, 1.807) is 11.8 Å². The van der Waals surface area contributed by atoms with E-state index in [1.807, 2.05) is 20.8 Å². The number of nitrogens with zero attached hydrogens (tertiary/aromatic N) is 3. The van der Waals surface area contributed by atoms with Crippen molar-refractivity contribution in [3.63, 3.8) is 0 Å². The number of aromatic nitrogens is 2. The zero-order chi connectivity index (χ0) is 22.0. The van der Waals surface area contributed by atoms with Gasteiger partial charge >= 0.3 is 5.97 Å². The summed E-state index contributed by atoms with van der Waals surface area (Å²) in [5.41, 5.74) is 1.54. The topological polar surface area (TPSA) is 104 Å². The number of fused-ring (bicyclic) bond motifs is 1. The Hall–Kier alpha value is -3.10. The Morgan fingerprint density at radius 2 is 1.97 bits per heavy atom. The van der Waals surface area contributed by atoms with Crippen molar-refractivity contribution in [3.05, 3.63) is 44.7 Å². The molecule has 0 atom stereocenters. The SMILES string of the molecule is CCc1noc(C)c1C(=O)N1CCc2c(C(=O)OC)c(OC(C)C)cc(=O)n2CC1. The van der Waals surface area contributed by atoms with Crippen LogP contribution in [0.4, 0.5) is 0 Å². The molecule has 2 aromatic rings. The van der Waals surface area contributed by atoms with Gasteiger partial charge in [-0.05, 0) is 27.2 Å². The second-order valence-electron chi connectivity index (χ2n) is 7.43. The standard InChI is InChI=1S/C21H27N3O6/c1-6-14-18(13(4)30-22-14)20(26)23-8-7-15-19(21(27)28-5)16(29-12(2)3)11-17(25)24(15)10-9-23/h11-12H,6-10H2,1-5H3. The van der Waals surface area contributed by atoms with Crippen molar-refractivity contribution in [2.45, 2.75) is 53.2 Å². The Bertz CT molecular complexity index is 1020. The Morgan fingerprint density at radius 3 is 2.60 bits per heavy atom. The summed E-state index contributed by atoms with van der Waals surface area (Å²) < 4.78 is 17.4. The number of esters is 1. The summed E-state index contributed by atoms with van der Waals surface area (Å²) in [6.45, 7) is 8.17. The lowest BCUT2D eigenvalue weighted by atomic mass is 10.1. The molecule has 0 spiro atoms. The molecule has 2 aromatic heterocycles. The summed E-state index contributed by atoms with van der Waals surface area (Å²) >= 11 is 0. The number of carbonyl (C=O) groups is 2. The lowest BCUT2D eigenvalue weighted by Crippen LogP contribution is -2.35. The normalized spacial score (nSPS) is 13.7. The van der Waals surface area contributed by atoms with E-state index >= 15 is 0 Å². The van der Waals surface area contributed by atoms with Crippen molar-refractivity contribution in [1.82, 2.24) is 14.6 Å². The van der Waals surface area contributed by atoms with Gasteiger partial charge in [0.15, 0.2) is 0 Å². The number of ether oxygens (including phenoxy) is 2. The van der Waals surface area contributed by atoms with Crippen LogP contribution in [0, 0.1) is 6.92 Å². The quantitative estimate of drug-likeness (QED) is 0.685. The molecule has 1 aliphatic heterocycles. The summed E-state index contributed by atoms with van der Waals surface area (Å²) in [5, 5.41) is 3.96. The van der Waals surface area contributed by atoms with Crippen molar-refractivity contribution in [3.8, 4) is 5.75 Å². The molecule has 9 nitrogen and oxygen atoms in total. The minimum atomic E-state index is -0.572. The number of pyridine rings is 1. The second kappa shape index (κ2) is 8.73. The second-order valence-corrected chi connectivity index (χ2v) is 7.43. The molecule has 9 heteroatoms. The fourth-order valence-electron chi connectivity index (χ4n) is 3.71. The molecular formula is C21H27N3O6. The molecule has 0 bridgehead atoms. The summed E-state index contributed by atoms with van der Waals surface area (Å²) in [7, 11) is 1.29. The van der Waals surface area contributed by atoms with E-state index in [0.717, 1.165) is 0 Å². The van der Waals surface area contributed by atoms with Crippen LogP contribution in [0.25, 0.3) is 0 Å². The van der Waals surface area contributed by atoms with Gasteiger partial charge in [0.2, 0.25) is 0 Å². The van der Waals surface area contributed by atoms with Crippen molar-refractivity contribution < 1.29 is 23.6 Å². The Balaban J connectivity index is 1.99. The summed E-state index contributed by atoms with van der Waals surface area (Å²) in [4.78, 5) is 40.1. The predicted octanol–water partition coefficient (Wildman–Crippen LogP) is 1.98. The third-order valence-corrected chi connectivity index (χ3v) is 5.12. The van der Waals surface area contributed by atoms with E-state index in [0.29, 0.717) is 48.6 Å². The molecule has 0 aromatic carbocycles. The first-order chi connectivity index (χ1) is 14.3. The molecule has 1 aliphatic rings. The van der Waals surface area contributed by atoms with Gasteiger partial charge in [0.1, 0.15) is 22.6 Å². The molecule has 0 aliphatic carbocycles. The Labute approximate surface area is 174 Å². The molecular weight excluding hydrogens is 390 g/mol. The molecule has 162 valence electrons. The first-order valence-corrected chi connectivity index (χ1v) is 10.0. The monoisotopic (exact) mass is 417 g/mol. The van der Waals surface area contributed by atoms with Gasteiger partial charge in [-0.15, -0.1) is 0 Å². The summed E-state index contributed by atoms with van der Waals surface area (Å²) in [6, 6.07) is 1.31. The lowest BCUT2D eigenvalue weighted by Gasteiger charge is -2.19. The molecule has 3 rings (SSSR count). The van der Waals surface area contributed by atoms with E-state index in [2.05, 4.69) is 5.16 Å². The van der Waals surface area contributed by atoms with Crippen LogP contribution < -0.4 is 10.3 Å². The van der Waals surface area contributed by atoms with Crippen molar-refractivity contribution in [2.75, 3.05) is 20.2 Å². The van der Waals surface area contributed by atoms with Gasteiger partial charge in [0.25, 0.3) is 11.5 Å². The maximum absolute atomic E-state index is 13.2. The highest BCUT2D eigenvalue weighted by Gasteiger charge is 2.30. The highest BCUT2D eigenvalue weighted by atomic mass is 16.5. The van der Waals surface area contributed by atoms with Gasteiger partial charge in [-0.3, -0.25) is 9.59 Å². The largest absolute Gasteiger partial charge is 0.490 e. The smallest absolute Gasteiger partial charge is 0.343 e. The predicted molar refractivity (Wildman–Crippen MR) is 108 cm³/mol. The van der Waals surface area contributed by atoms with Crippen LogP contribution in [0.2, 0.25) is 0 Å². The minimum absolute atomic E-state index is 0.190. The average Bonchev–Trinajstić information content (AvgIpc) is 2.93. The van der Waals surface area contributed by atoms with E-state index in [-0.39, 0.29) is 35.4 Å². The third-order valence-electron chi connectivity index (χ3n) is 5.12. The van der Waals surface area contributed by atoms with Crippen molar-refractivity contribution >= 4 is 11.9 Å². The number of hydrogen-bond donors (Lipinski definition) is 0. The molecule has 30 heavy (non-hydrogen) atoms. The summed E-state index contributed by atoms with van der Waals surface area (Å²) in [6.07, 6.45) is 0.671. The number of aryl methyl sites for hydroxylation is 2. The lowest BCUT2D eigenvalue weighted by molar-refractivity contribution is 0.0591. The number of carbonyl (C=O) groups excluding carboxylic acids is 2. The van der Waals surface area contributed by atoms with Crippen molar-refractivity contribution in [1.29, 1.82) is 0 Å². The van der Waals surface area contributed by atoms with E-state index in [9.17, 15) is 14.4 Å². The molecule has 0 saturated carbocycles. The molecule has 3 heterocycles. The third kappa shape index (κ3) is 3.96. The molecule has 1 amide bonds. The molecule has 0 fully saturated rings. The fourth-order valence-corrected chi connectivity index (χ4v) is 3.71. The Morgan fingerprint density at radius 1 is 1.23 bits per heavy atom. The van der Waals surface area contributed by atoms with Crippen LogP contribution >= 0.6 is 0 Å². The van der Waals surface area contributed by atoms with E-state index in [1.165, 1.54) is 17.7 Å². The van der Waals surface area contributed by atoms with Gasteiger partial charge in [0, 0.05) is 37.8 Å². The van der Waals surface area contributed by atoms with Gasteiger partial charge in [-0.1, -0.05) is 12.1 Å². The van der Waals surface area contributed by atoms with Gasteiger partial charge < -0.3 is 23.5 Å². The zero-order valence-electron chi connectivity index (χ0n) is 18.0. The maximum Gasteiger partial charge on any atom is 0.343 e. The van der Waals surface area contributed by atoms with E-state index < -0.39 is 5.97 Å². The van der Waals surface area contributed by atoms with Crippen LogP contribution in [0.1, 0.15) is 58.6 Å². The fraction of sp³-hybridized carbons (Fsp3) is 0.524. The highest BCUT2D eigenvalue weighted by Crippen LogP contribution is 2.26. The molecule has 0 unspecified atom stereocenters. The minimum Gasteiger partial charge on any atom is -0.490 e. The Kier molecular flexibility index (Phi) is 6.28. The number of hydrogen-bond acceptors (Lipinski definition) is 7. The van der Waals surface area contributed by atoms with Crippen molar-refractivity contribution in [2.24, 2.45) is 0 Å². The molecule has 0 N–H and O–H groups in total. The van der Waals surface area contributed by atoms with E-state index in [4.69, 9.17) is 14.0 Å². The van der Waals surface area contributed by atoms with Crippen LogP contribution in [-0.2, 0) is 24.1 Å². The average molecular weight is 417 g/mol. The maximum atomic E-state index is 13.2. The highest BCUT2D eigenvalue weighted by molar-refractivity contribution is 5.96. The molecule has 0 radical (unpaired) electrons. The number of methoxy groups -OCH3 is 1. The first kappa shape index (κ1) is 21.6. The molecule has 0 saturated heterocycles. The van der Waals surface area contributed by atoms with Gasteiger partial charge in [-0.2, -0.15) is 0 Å². The van der Waals surface area contributed by atoms with Crippen LogP contribution in [0.3, 0.4) is 0 Å². The summed E-state index contributed by atoms with van der Waals surface area (Å²) in [5.74, 6) is -0.0864. The van der Waals surface area contributed by atoms with Crippen LogP contribution in [0.15, 0.2) is 15.4 Å². The van der Waals surface area contributed by atoms with Gasteiger partial charge in [-0.25, -0.2) is 4.79 Å². The number of rotatable bonds is 5. The first-order valence-electron chi connectivity index (χ1n) is 10.0. The number of amides is 1. The van der Waals surface area contributed by atoms with Crippen LogP contribution in [-0.4, -0.2) is 52.8 Å². The van der Waals surface area contributed by atoms with Gasteiger partial charge in [0.05, 0.1) is 18.9 Å². The zero-order valence-corrected chi connectivity index (χ0v) is 18.0. The van der Waals surface area contributed by atoms with Crippen LogP contribution in [0.5, 0.6) is 5.75 Å².